The van der Waals surface area contributed by atoms with E-state index in [9.17, 15) is 9.59 Å². The predicted octanol–water partition coefficient (Wildman–Crippen LogP) is 3.27. The van der Waals surface area contributed by atoms with Gasteiger partial charge < -0.3 is 4.79 Å². The molecule has 0 fully saturated rings. The summed E-state index contributed by atoms with van der Waals surface area (Å²) in [7, 11) is 7.34. The minimum absolute atomic E-state index is 0.00622. The lowest BCUT2D eigenvalue weighted by Gasteiger charge is -2.45. The first kappa shape index (κ1) is 20.5. The second kappa shape index (κ2) is 7.69. The third-order valence-corrected chi connectivity index (χ3v) is 5.26. The summed E-state index contributed by atoms with van der Waals surface area (Å²) in [5, 5.41) is 0. The van der Waals surface area contributed by atoms with E-state index in [0.29, 0.717) is 5.92 Å². The number of rotatable bonds is 9. The maximum Gasteiger partial charge on any atom is 0.141 e. The molecule has 0 aliphatic heterocycles. The van der Waals surface area contributed by atoms with Gasteiger partial charge in [0.25, 0.3) is 0 Å². The average Bonchev–Trinajstić information content (AvgIpc) is 2.43. The molecule has 0 spiro atoms. The highest BCUT2D eigenvalue weighted by Gasteiger charge is 2.48. The van der Waals surface area contributed by atoms with Crippen LogP contribution in [0, 0.1) is 22.7 Å². The first-order chi connectivity index (χ1) is 9.47. The van der Waals surface area contributed by atoms with Gasteiger partial charge in [-0.2, -0.15) is 0 Å². The van der Waals surface area contributed by atoms with Crippen molar-refractivity contribution in [3.05, 3.63) is 0 Å². The SMILES string of the molecule is [B][B]B(C)C(C(C)(C)C=O)C(C)(C)C(=O)C(C)C(C)CC. The van der Waals surface area contributed by atoms with Gasteiger partial charge in [0.2, 0.25) is 0 Å². The molecule has 0 N–H and O–H groups in total. The largest absolute Gasteiger partial charge is 0.303 e. The predicted molar refractivity (Wildman–Crippen MR) is 94.1 cm³/mol. The van der Waals surface area contributed by atoms with E-state index in [2.05, 4.69) is 13.8 Å². The minimum atomic E-state index is -0.595. The van der Waals surface area contributed by atoms with Crippen molar-refractivity contribution in [3.8, 4) is 0 Å². The Morgan fingerprint density at radius 2 is 1.76 bits per heavy atom. The molecule has 0 aliphatic rings. The lowest BCUT2D eigenvalue weighted by Crippen LogP contribution is -2.49. The standard InChI is InChI=1S/C16H30B3O2/c1-9-11(2)12(3)13(21)16(6,7)14(19(8)18-17)15(4,5)10-20/h10-12,14H,9H2,1-8H3. The van der Waals surface area contributed by atoms with Crippen molar-refractivity contribution >= 4 is 33.5 Å². The highest BCUT2D eigenvalue weighted by molar-refractivity contribution is 7.31. The number of carbonyl (C=O) groups excluding carboxylic acids is 2. The lowest BCUT2D eigenvalue weighted by atomic mass is 9.08. The maximum atomic E-state index is 13.0. The topological polar surface area (TPSA) is 34.1 Å². The summed E-state index contributed by atoms with van der Waals surface area (Å²) in [6, 6.07) is 0. The van der Waals surface area contributed by atoms with E-state index in [1.807, 2.05) is 41.4 Å². The third kappa shape index (κ3) is 4.50. The molecule has 5 heteroatoms. The molecular weight excluding hydrogens is 257 g/mol. The Bertz CT molecular complexity index is 367. The molecule has 0 aliphatic carbocycles. The van der Waals surface area contributed by atoms with Crippen LogP contribution < -0.4 is 0 Å². The first-order valence-corrected chi connectivity index (χ1v) is 8.03. The summed E-state index contributed by atoms with van der Waals surface area (Å²) in [5.74, 6) is 0.436. The van der Waals surface area contributed by atoms with Crippen LogP contribution in [-0.2, 0) is 9.59 Å². The molecule has 21 heavy (non-hydrogen) atoms. The summed E-state index contributed by atoms with van der Waals surface area (Å²) in [6.07, 6.45) is 1.93. The summed E-state index contributed by atoms with van der Waals surface area (Å²) in [6.45, 7) is 15.9. The molecule has 0 aromatic carbocycles. The van der Waals surface area contributed by atoms with Crippen LogP contribution in [0.2, 0.25) is 12.6 Å². The zero-order chi connectivity index (χ0) is 17.0. The van der Waals surface area contributed by atoms with Crippen LogP contribution in [0.1, 0.15) is 54.9 Å². The maximum absolute atomic E-state index is 13.0. The van der Waals surface area contributed by atoms with Gasteiger partial charge in [-0.15, -0.1) is 0 Å². The lowest BCUT2D eigenvalue weighted by molar-refractivity contribution is -0.134. The van der Waals surface area contributed by atoms with E-state index in [1.54, 1.807) is 7.06 Å². The molecule has 3 radical (unpaired) electrons. The highest BCUT2D eigenvalue weighted by Crippen LogP contribution is 2.48. The zero-order valence-electron chi connectivity index (χ0n) is 15.1. The summed E-state index contributed by atoms with van der Waals surface area (Å²) in [4.78, 5) is 24.6. The normalized spacial score (nSPS) is 16.8. The Labute approximate surface area is 133 Å². The van der Waals surface area contributed by atoms with E-state index in [1.165, 1.54) is 0 Å². The Morgan fingerprint density at radius 3 is 2.10 bits per heavy atom. The van der Waals surface area contributed by atoms with E-state index >= 15 is 0 Å². The molecule has 3 unspecified atom stereocenters. The molecule has 0 rings (SSSR count). The van der Waals surface area contributed by atoms with Gasteiger partial charge in [-0.25, -0.2) is 0 Å². The van der Waals surface area contributed by atoms with Crippen LogP contribution in [0.3, 0.4) is 0 Å². The Hall–Kier alpha value is -0.465. The van der Waals surface area contributed by atoms with Crippen LogP contribution in [-0.4, -0.2) is 33.5 Å². The Balaban J connectivity index is 5.66. The van der Waals surface area contributed by atoms with Crippen LogP contribution in [0.5, 0.6) is 0 Å². The van der Waals surface area contributed by atoms with Crippen molar-refractivity contribution in [2.75, 3.05) is 0 Å². The van der Waals surface area contributed by atoms with Crippen molar-refractivity contribution in [1.29, 1.82) is 0 Å². The minimum Gasteiger partial charge on any atom is -0.303 e. The fourth-order valence-corrected chi connectivity index (χ4v) is 3.80. The van der Waals surface area contributed by atoms with Gasteiger partial charge in [0.15, 0.2) is 0 Å². The van der Waals surface area contributed by atoms with Gasteiger partial charge in [0.1, 0.15) is 12.1 Å². The number of Topliss-reactive ketones (excluding diaryl/α,β-unsaturated/α-hetero) is 1. The number of ketones is 1. The van der Waals surface area contributed by atoms with Crippen molar-refractivity contribution < 1.29 is 9.59 Å². The smallest absolute Gasteiger partial charge is 0.141 e. The molecule has 0 saturated heterocycles. The number of carbonyl (C=O) groups is 2. The first-order valence-electron chi connectivity index (χ1n) is 8.03. The van der Waals surface area contributed by atoms with E-state index < -0.39 is 10.8 Å². The van der Waals surface area contributed by atoms with Crippen LogP contribution in [0.25, 0.3) is 0 Å². The average molecular weight is 287 g/mol. The van der Waals surface area contributed by atoms with Crippen molar-refractivity contribution in [2.24, 2.45) is 22.7 Å². The summed E-state index contributed by atoms with van der Waals surface area (Å²) in [5.41, 5.74) is -1.19. The highest BCUT2D eigenvalue weighted by atomic mass is 16.1. The van der Waals surface area contributed by atoms with Crippen LogP contribution in [0.4, 0.5) is 0 Å². The van der Waals surface area contributed by atoms with Gasteiger partial charge in [-0.1, -0.05) is 61.7 Å². The molecule has 115 valence electrons. The fraction of sp³-hybridized carbons (Fsp3) is 0.875. The summed E-state index contributed by atoms with van der Waals surface area (Å²) < 4.78 is 0. The van der Waals surface area contributed by atoms with Gasteiger partial charge in [-0.3, -0.25) is 4.79 Å². The van der Waals surface area contributed by atoms with Crippen LogP contribution in [0.15, 0.2) is 0 Å². The van der Waals surface area contributed by atoms with Crippen molar-refractivity contribution in [2.45, 2.75) is 67.5 Å². The van der Waals surface area contributed by atoms with E-state index in [0.717, 1.165) is 12.7 Å². The van der Waals surface area contributed by atoms with Gasteiger partial charge in [-0.05, 0) is 11.7 Å². The van der Waals surface area contributed by atoms with Crippen molar-refractivity contribution in [3.63, 3.8) is 0 Å². The summed E-state index contributed by atoms with van der Waals surface area (Å²) >= 11 is 0. The molecule has 0 amide bonds. The number of aldehydes is 1. The Kier molecular flexibility index (Phi) is 7.52. The molecule has 0 aromatic rings. The quantitative estimate of drug-likeness (QED) is 0.481. The van der Waals surface area contributed by atoms with Crippen LogP contribution >= 0.6 is 0 Å². The van der Waals surface area contributed by atoms with E-state index in [4.69, 9.17) is 7.74 Å². The fourth-order valence-electron chi connectivity index (χ4n) is 3.80. The van der Waals surface area contributed by atoms with Gasteiger partial charge in [0.05, 0.1) is 6.60 Å². The molecule has 0 saturated carbocycles. The van der Waals surface area contributed by atoms with E-state index in [-0.39, 0.29) is 24.1 Å². The molecule has 3 atom stereocenters. The molecule has 2 nitrogen and oxygen atoms in total. The van der Waals surface area contributed by atoms with Crippen molar-refractivity contribution in [1.82, 2.24) is 0 Å². The Morgan fingerprint density at radius 1 is 1.29 bits per heavy atom. The molecular formula is C16H30B3O2. The van der Waals surface area contributed by atoms with Gasteiger partial charge in [0, 0.05) is 31.5 Å². The molecule has 0 heterocycles. The molecule has 0 bridgehead atoms. The molecule has 0 aromatic heterocycles. The third-order valence-electron chi connectivity index (χ3n) is 5.26. The van der Waals surface area contributed by atoms with Gasteiger partial charge >= 0.3 is 0 Å². The second-order valence-corrected chi connectivity index (χ2v) is 7.73. The monoisotopic (exact) mass is 287 g/mol. The second-order valence-electron chi connectivity index (χ2n) is 7.73. The number of hydrogen-bond acceptors (Lipinski definition) is 2. The number of hydrogen-bond donors (Lipinski definition) is 0. The zero-order valence-corrected chi connectivity index (χ0v) is 15.1.